The van der Waals surface area contributed by atoms with Crippen molar-refractivity contribution in [2.45, 2.75) is 45.8 Å². The van der Waals surface area contributed by atoms with Gasteiger partial charge in [-0.15, -0.1) is 0 Å². The van der Waals surface area contributed by atoms with Crippen molar-refractivity contribution in [3.8, 4) is 0 Å². The van der Waals surface area contributed by atoms with E-state index in [1.807, 2.05) is 22.9 Å². The van der Waals surface area contributed by atoms with E-state index in [9.17, 15) is 9.59 Å². The largest absolute Gasteiger partial charge is 0.345 e. The van der Waals surface area contributed by atoms with E-state index in [0.717, 1.165) is 17.8 Å². The van der Waals surface area contributed by atoms with E-state index in [0.29, 0.717) is 26.1 Å². The summed E-state index contributed by atoms with van der Waals surface area (Å²) in [5, 5.41) is 7.39. The molecule has 132 valence electrons. The summed E-state index contributed by atoms with van der Waals surface area (Å²) in [6.07, 6.45) is 1.17. The van der Waals surface area contributed by atoms with Crippen LogP contribution in [0.3, 0.4) is 0 Å². The minimum Gasteiger partial charge on any atom is -0.345 e. The Bertz CT molecular complexity index is 754. The molecule has 2 aromatic rings. The van der Waals surface area contributed by atoms with Crippen molar-refractivity contribution in [1.82, 2.24) is 20.0 Å². The minimum atomic E-state index is -0.495. The van der Waals surface area contributed by atoms with Crippen molar-refractivity contribution in [2.75, 3.05) is 6.54 Å². The molecule has 1 aliphatic rings. The fraction of sp³-hybridized carbons (Fsp3) is 0.421. The highest BCUT2D eigenvalue weighted by atomic mass is 16.2. The molecule has 0 spiro atoms. The predicted molar refractivity (Wildman–Crippen MR) is 94.8 cm³/mol. The molecule has 25 heavy (non-hydrogen) atoms. The van der Waals surface area contributed by atoms with E-state index in [-0.39, 0.29) is 11.8 Å². The van der Waals surface area contributed by atoms with Crippen molar-refractivity contribution in [3.63, 3.8) is 0 Å². The van der Waals surface area contributed by atoms with Crippen molar-refractivity contribution in [2.24, 2.45) is 0 Å². The summed E-state index contributed by atoms with van der Waals surface area (Å²) in [7, 11) is 0. The topological polar surface area (TPSA) is 67.2 Å². The number of hydrogen-bond acceptors (Lipinski definition) is 3. The number of carbonyl (C=O) groups excluding carboxylic acids is 2. The lowest BCUT2D eigenvalue weighted by Crippen LogP contribution is -2.49. The predicted octanol–water partition coefficient (Wildman–Crippen LogP) is 1.73. The molecule has 0 aliphatic carbocycles. The number of nitrogens with one attached hydrogen (secondary N) is 1. The number of aromatic nitrogens is 2. The average Bonchev–Trinajstić information content (AvgIpc) is 3.02. The molecule has 0 bridgehead atoms. The number of nitrogens with zero attached hydrogens (tertiary/aromatic N) is 3. The van der Waals surface area contributed by atoms with Gasteiger partial charge in [-0.3, -0.25) is 14.3 Å². The third kappa shape index (κ3) is 4.07. The Labute approximate surface area is 147 Å². The number of hydrogen-bond donors (Lipinski definition) is 1. The zero-order valence-electron chi connectivity index (χ0n) is 14.7. The first-order valence-electron chi connectivity index (χ1n) is 8.74. The summed E-state index contributed by atoms with van der Waals surface area (Å²) in [4.78, 5) is 25.8. The highest BCUT2D eigenvalue weighted by molar-refractivity contribution is 5.87. The number of amides is 2. The van der Waals surface area contributed by atoms with Gasteiger partial charge in [0.05, 0.1) is 24.5 Å². The zero-order valence-corrected chi connectivity index (χ0v) is 14.7. The van der Waals surface area contributed by atoms with E-state index in [1.165, 1.54) is 5.56 Å². The van der Waals surface area contributed by atoms with E-state index in [4.69, 9.17) is 0 Å². The smallest absolute Gasteiger partial charge is 0.245 e. The molecule has 1 unspecified atom stereocenters. The molecule has 0 saturated carbocycles. The van der Waals surface area contributed by atoms with Crippen molar-refractivity contribution in [1.29, 1.82) is 0 Å². The molecule has 0 radical (unpaired) electrons. The van der Waals surface area contributed by atoms with Crippen LogP contribution >= 0.6 is 0 Å². The molecule has 6 heteroatoms. The lowest BCUT2D eigenvalue weighted by Gasteiger charge is -2.30. The van der Waals surface area contributed by atoms with Crippen LogP contribution in [0.15, 0.2) is 36.4 Å². The van der Waals surface area contributed by atoms with Crippen LogP contribution in [0.1, 0.15) is 37.2 Å². The Kier molecular flexibility index (Phi) is 5.16. The first-order valence-corrected chi connectivity index (χ1v) is 8.74. The van der Waals surface area contributed by atoms with Gasteiger partial charge >= 0.3 is 0 Å². The maximum Gasteiger partial charge on any atom is 0.245 e. The van der Waals surface area contributed by atoms with Gasteiger partial charge in [-0.05, 0) is 18.6 Å². The molecular weight excluding hydrogens is 316 g/mol. The Morgan fingerprint density at radius 2 is 2.00 bits per heavy atom. The van der Waals surface area contributed by atoms with Crippen LogP contribution in [-0.4, -0.2) is 39.1 Å². The lowest BCUT2D eigenvalue weighted by atomic mass is 10.1. The van der Waals surface area contributed by atoms with E-state index in [2.05, 4.69) is 28.6 Å². The molecule has 3 rings (SSSR count). The van der Waals surface area contributed by atoms with Crippen LogP contribution in [0, 0.1) is 0 Å². The molecular formula is C19H24N4O2. The normalized spacial score (nSPS) is 14.7. The van der Waals surface area contributed by atoms with Crippen molar-refractivity contribution >= 4 is 11.8 Å². The number of carbonyl (C=O) groups is 2. The summed E-state index contributed by atoms with van der Waals surface area (Å²) < 4.78 is 1.98. The van der Waals surface area contributed by atoms with Crippen LogP contribution in [0.25, 0.3) is 0 Å². The maximum absolute atomic E-state index is 12.5. The summed E-state index contributed by atoms with van der Waals surface area (Å²) in [5.41, 5.74) is 3.28. The van der Waals surface area contributed by atoms with Gasteiger partial charge in [-0.1, -0.05) is 37.3 Å². The summed E-state index contributed by atoms with van der Waals surface area (Å²) in [6, 6.07) is 11.8. The molecule has 0 fully saturated rings. The van der Waals surface area contributed by atoms with Crippen LogP contribution in [-0.2, 0) is 29.1 Å². The van der Waals surface area contributed by atoms with E-state index < -0.39 is 6.04 Å². The molecule has 1 aliphatic heterocycles. The second kappa shape index (κ2) is 7.51. The second-order valence-electron chi connectivity index (χ2n) is 6.42. The van der Waals surface area contributed by atoms with Crippen molar-refractivity contribution in [3.05, 3.63) is 53.3 Å². The molecule has 2 amide bonds. The Balaban J connectivity index is 1.65. The maximum atomic E-state index is 12.5. The standard InChI is InChI=1S/C19H24N4O2/c1-3-18(24)20-14(2)19(25)22-9-10-23-17(13-22)12-16(21-23)11-15-7-5-4-6-8-15/h4-8,12,14H,3,9-11,13H2,1-2H3,(H,20,24). The van der Waals surface area contributed by atoms with Gasteiger partial charge in [0.25, 0.3) is 0 Å². The van der Waals surface area contributed by atoms with Gasteiger partial charge in [0.15, 0.2) is 0 Å². The van der Waals surface area contributed by atoms with E-state index in [1.54, 1.807) is 18.7 Å². The number of fused-ring (bicyclic) bond motifs is 1. The minimum absolute atomic E-state index is 0.0427. The highest BCUT2D eigenvalue weighted by Gasteiger charge is 2.26. The number of rotatable bonds is 5. The molecule has 1 aromatic carbocycles. The third-order valence-electron chi connectivity index (χ3n) is 4.46. The molecule has 1 aromatic heterocycles. The third-order valence-corrected chi connectivity index (χ3v) is 4.46. The molecule has 1 N–H and O–H groups in total. The monoisotopic (exact) mass is 340 g/mol. The van der Waals surface area contributed by atoms with Crippen LogP contribution in [0.2, 0.25) is 0 Å². The second-order valence-corrected chi connectivity index (χ2v) is 6.42. The summed E-state index contributed by atoms with van der Waals surface area (Å²) >= 11 is 0. The van der Waals surface area contributed by atoms with Gasteiger partial charge < -0.3 is 10.2 Å². The van der Waals surface area contributed by atoms with Crippen LogP contribution in [0.5, 0.6) is 0 Å². The average molecular weight is 340 g/mol. The first-order chi connectivity index (χ1) is 12.1. The van der Waals surface area contributed by atoms with Crippen molar-refractivity contribution < 1.29 is 9.59 Å². The number of benzene rings is 1. The Morgan fingerprint density at radius 1 is 1.24 bits per heavy atom. The fourth-order valence-electron chi connectivity index (χ4n) is 3.08. The lowest BCUT2D eigenvalue weighted by molar-refractivity contribution is -0.137. The van der Waals surface area contributed by atoms with Gasteiger partial charge in [0.2, 0.25) is 11.8 Å². The molecule has 6 nitrogen and oxygen atoms in total. The first kappa shape index (κ1) is 17.2. The Hall–Kier alpha value is -2.63. The zero-order chi connectivity index (χ0) is 17.8. The highest BCUT2D eigenvalue weighted by Crippen LogP contribution is 2.17. The van der Waals surface area contributed by atoms with Gasteiger partial charge in [0, 0.05) is 19.4 Å². The van der Waals surface area contributed by atoms with E-state index >= 15 is 0 Å². The molecule has 2 heterocycles. The van der Waals surface area contributed by atoms with Gasteiger partial charge in [-0.2, -0.15) is 5.10 Å². The molecule has 1 atom stereocenters. The quantitative estimate of drug-likeness (QED) is 0.901. The summed E-state index contributed by atoms with van der Waals surface area (Å²) in [6.45, 7) is 5.35. The SMILES string of the molecule is CCC(=O)NC(C)C(=O)N1CCn2nc(Cc3ccccc3)cc2C1. The van der Waals surface area contributed by atoms with Crippen LogP contribution < -0.4 is 5.32 Å². The molecule has 0 saturated heterocycles. The van der Waals surface area contributed by atoms with Gasteiger partial charge in [0.1, 0.15) is 6.04 Å². The summed E-state index contributed by atoms with van der Waals surface area (Å²) in [5.74, 6) is -0.146. The van der Waals surface area contributed by atoms with Crippen LogP contribution in [0.4, 0.5) is 0 Å². The fourth-order valence-corrected chi connectivity index (χ4v) is 3.08. The van der Waals surface area contributed by atoms with Gasteiger partial charge in [-0.25, -0.2) is 0 Å². The Morgan fingerprint density at radius 3 is 2.72 bits per heavy atom.